The lowest BCUT2D eigenvalue weighted by molar-refractivity contribution is -0.171. The molecule has 0 bridgehead atoms. The van der Waals surface area contributed by atoms with Crippen LogP contribution in [0.3, 0.4) is 0 Å². The van der Waals surface area contributed by atoms with E-state index >= 15 is 0 Å². The number of nitrogens with zero attached hydrogens (tertiary/aromatic N) is 2. The van der Waals surface area contributed by atoms with Crippen LogP contribution in [-0.4, -0.2) is 42.4 Å². The molecule has 1 aliphatic carbocycles. The van der Waals surface area contributed by atoms with Crippen molar-refractivity contribution >= 4 is 11.7 Å². The fraction of sp³-hybridized carbons (Fsp3) is 0.550. The molecule has 7 heteroatoms. The number of aromatic nitrogens is 1. The maximum absolute atomic E-state index is 13.8. The van der Waals surface area contributed by atoms with Gasteiger partial charge in [-0.3, -0.25) is 4.98 Å². The molecule has 0 amide bonds. The molecule has 3 aromatic rings. The fourth-order valence-electron chi connectivity index (χ4n) is 7.37. The first-order chi connectivity index (χ1) is 22.3. The van der Waals surface area contributed by atoms with Gasteiger partial charge in [0.15, 0.2) is 6.10 Å². The van der Waals surface area contributed by atoms with Crippen LogP contribution in [0.4, 0.5) is 10.1 Å². The molecule has 1 aromatic heterocycles. The monoisotopic (exact) mass is 644 g/mol. The average molecular weight is 645 g/mol. The quantitative estimate of drug-likeness (QED) is 0.205. The van der Waals surface area contributed by atoms with E-state index in [0.29, 0.717) is 18.4 Å². The van der Waals surface area contributed by atoms with Gasteiger partial charge in [0, 0.05) is 42.0 Å². The number of halogens is 1. The SMILES string of the molecule is Cc1nc(C)c([C@H](OC(C)(C)C)C(=O)OC(C)C)c(N2CCC3(CCCCC3)CC2)c1-c1ccc(OCCc2ccc(F)cc2)cc1. The van der Waals surface area contributed by atoms with E-state index < -0.39 is 11.7 Å². The molecular weight excluding hydrogens is 591 g/mol. The minimum atomic E-state index is -0.918. The molecule has 2 aliphatic rings. The zero-order valence-corrected chi connectivity index (χ0v) is 29.5. The fourth-order valence-corrected chi connectivity index (χ4v) is 7.37. The molecule has 2 heterocycles. The number of piperidine rings is 1. The molecule has 254 valence electrons. The Bertz CT molecular complexity index is 1500. The minimum Gasteiger partial charge on any atom is -0.493 e. The van der Waals surface area contributed by atoms with Crippen molar-refractivity contribution < 1.29 is 23.4 Å². The van der Waals surface area contributed by atoms with E-state index in [-0.39, 0.29) is 17.9 Å². The Kier molecular flexibility index (Phi) is 11.0. The number of carbonyl (C=O) groups excluding carboxylic acids is 1. The molecule has 47 heavy (non-hydrogen) atoms. The lowest BCUT2D eigenvalue weighted by Crippen LogP contribution is -2.42. The summed E-state index contributed by atoms with van der Waals surface area (Å²) in [7, 11) is 0. The van der Waals surface area contributed by atoms with Crippen molar-refractivity contribution in [2.24, 2.45) is 5.41 Å². The van der Waals surface area contributed by atoms with Crippen molar-refractivity contribution in [3.05, 3.63) is 76.9 Å². The minimum absolute atomic E-state index is 0.236. The number of anilines is 1. The van der Waals surface area contributed by atoms with Gasteiger partial charge in [-0.25, -0.2) is 9.18 Å². The van der Waals surface area contributed by atoms with Gasteiger partial charge in [0.05, 0.1) is 24.0 Å². The lowest BCUT2D eigenvalue weighted by atomic mass is 9.68. The highest BCUT2D eigenvalue weighted by atomic mass is 19.1. The van der Waals surface area contributed by atoms with Crippen LogP contribution in [0.5, 0.6) is 5.75 Å². The molecule has 2 aromatic carbocycles. The third-order valence-electron chi connectivity index (χ3n) is 9.65. The zero-order chi connectivity index (χ0) is 33.8. The molecule has 1 saturated heterocycles. The number of benzene rings is 2. The number of carbonyl (C=O) groups is 1. The Morgan fingerprint density at radius 2 is 1.55 bits per heavy atom. The third kappa shape index (κ3) is 8.72. The first-order valence-corrected chi connectivity index (χ1v) is 17.5. The van der Waals surface area contributed by atoms with Crippen LogP contribution < -0.4 is 9.64 Å². The number of hydrogen-bond donors (Lipinski definition) is 0. The molecule has 0 radical (unpaired) electrons. The number of aryl methyl sites for hydroxylation is 2. The van der Waals surface area contributed by atoms with Gasteiger partial charge in [0.1, 0.15) is 11.6 Å². The van der Waals surface area contributed by atoms with Crippen molar-refractivity contribution in [3.8, 4) is 16.9 Å². The summed E-state index contributed by atoms with van der Waals surface area (Å²) in [6.07, 6.45) is 8.42. The van der Waals surface area contributed by atoms with Crippen LogP contribution in [0, 0.1) is 25.1 Å². The summed E-state index contributed by atoms with van der Waals surface area (Å²) in [5, 5.41) is 0. The van der Waals surface area contributed by atoms with Gasteiger partial charge >= 0.3 is 5.97 Å². The number of pyridine rings is 1. The van der Waals surface area contributed by atoms with Gasteiger partial charge in [-0.2, -0.15) is 0 Å². The van der Waals surface area contributed by atoms with Gasteiger partial charge in [-0.05, 0) is 115 Å². The largest absolute Gasteiger partial charge is 0.493 e. The molecule has 1 aliphatic heterocycles. The molecule has 1 atom stereocenters. The molecule has 1 saturated carbocycles. The lowest BCUT2D eigenvalue weighted by Gasteiger charge is -2.46. The van der Waals surface area contributed by atoms with Crippen LogP contribution >= 0.6 is 0 Å². The van der Waals surface area contributed by atoms with E-state index in [0.717, 1.165) is 71.0 Å². The van der Waals surface area contributed by atoms with Gasteiger partial charge in [-0.15, -0.1) is 0 Å². The van der Waals surface area contributed by atoms with Gasteiger partial charge in [-0.1, -0.05) is 43.5 Å². The predicted molar refractivity (Wildman–Crippen MR) is 187 cm³/mol. The smallest absolute Gasteiger partial charge is 0.340 e. The van der Waals surface area contributed by atoms with Crippen LogP contribution in [0.25, 0.3) is 11.1 Å². The van der Waals surface area contributed by atoms with Crippen LogP contribution in [0.15, 0.2) is 48.5 Å². The Labute approximate surface area is 281 Å². The summed E-state index contributed by atoms with van der Waals surface area (Å²) in [5.41, 5.74) is 6.43. The first kappa shape index (κ1) is 34.9. The van der Waals surface area contributed by atoms with Gasteiger partial charge < -0.3 is 19.1 Å². The van der Waals surface area contributed by atoms with Crippen molar-refractivity contribution in [1.29, 1.82) is 0 Å². The van der Waals surface area contributed by atoms with E-state index in [9.17, 15) is 9.18 Å². The highest BCUT2D eigenvalue weighted by Gasteiger charge is 2.40. The highest BCUT2D eigenvalue weighted by Crippen LogP contribution is 2.49. The molecule has 0 N–H and O–H groups in total. The molecule has 2 fully saturated rings. The van der Waals surface area contributed by atoms with Crippen LogP contribution in [0.1, 0.15) is 108 Å². The van der Waals surface area contributed by atoms with E-state index in [1.165, 1.54) is 44.2 Å². The summed E-state index contributed by atoms with van der Waals surface area (Å²) < 4.78 is 31.8. The summed E-state index contributed by atoms with van der Waals surface area (Å²) in [4.78, 5) is 21.4. The number of esters is 1. The average Bonchev–Trinajstić information content (AvgIpc) is 3.01. The summed E-state index contributed by atoms with van der Waals surface area (Å²) in [6.45, 7) is 16.1. The van der Waals surface area contributed by atoms with E-state index in [1.54, 1.807) is 12.1 Å². The van der Waals surface area contributed by atoms with E-state index in [2.05, 4.69) is 24.0 Å². The molecular formula is C40H53FN2O4. The van der Waals surface area contributed by atoms with Crippen LogP contribution in [-0.2, 0) is 20.7 Å². The molecule has 6 nitrogen and oxygen atoms in total. The van der Waals surface area contributed by atoms with Crippen molar-refractivity contribution in [2.75, 3.05) is 24.6 Å². The van der Waals surface area contributed by atoms with Crippen LogP contribution in [0.2, 0.25) is 0 Å². The van der Waals surface area contributed by atoms with Crippen molar-refractivity contribution in [3.63, 3.8) is 0 Å². The van der Waals surface area contributed by atoms with E-state index in [1.807, 2.05) is 53.7 Å². The normalized spacial score (nSPS) is 17.2. The number of ether oxygens (including phenoxy) is 3. The maximum atomic E-state index is 13.8. The summed E-state index contributed by atoms with van der Waals surface area (Å²) in [5.74, 6) is 0.142. The third-order valence-corrected chi connectivity index (χ3v) is 9.65. The predicted octanol–water partition coefficient (Wildman–Crippen LogP) is 9.48. The molecule has 5 rings (SSSR count). The second kappa shape index (κ2) is 14.8. The maximum Gasteiger partial charge on any atom is 0.340 e. The number of rotatable bonds is 10. The van der Waals surface area contributed by atoms with Gasteiger partial charge in [0.25, 0.3) is 0 Å². The molecule has 0 unspecified atom stereocenters. The second-order valence-electron chi connectivity index (χ2n) is 14.8. The topological polar surface area (TPSA) is 60.9 Å². The highest BCUT2D eigenvalue weighted by molar-refractivity contribution is 5.88. The van der Waals surface area contributed by atoms with Gasteiger partial charge in [0.2, 0.25) is 0 Å². The zero-order valence-electron chi connectivity index (χ0n) is 29.5. The van der Waals surface area contributed by atoms with Crippen molar-refractivity contribution in [2.45, 2.75) is 118 Å². The number of hydrogen-bond acceptors (Lipinski definition) is 6. The Balaban J connectivity index is 1.52. The Morgan fingerprint density at radius 3 is 2.15 bits per heavy atom. The summed E-state index contributed by atoms with van der Waals surface area (Å²) >= 11 is 0. The van der Waals surface area contributed by atoms with E-state index in [4.69, 9.17) is 19.2 Å². The summed E-state index contributed by atoms with van der Waals surface area (Å²) in [6, 6.07) is 14.7. The second-order valence-corrected chi connectivity index (χ2v) is 14.8. The van der Waals surface area contributed by atoms with Crippen molar-refractivity contribution in [1.82, 2.24) is 4.98 Å². The Hall–Kier alpha value is -3.45. The first-order valence-electron chi connectivity index (χ1n) is 17.5. The molecule has 1 spiro atoms. The standard InChI is InChI=1S/C40H53FN2O4/c1-27(2)46-38(44)37(47-39(5,6)7)35-29(4)42-28(3)34(36(35)43-24-22-40(23-25-43)20-9-8-10-21-40)31-13-17-33(18-14-31)45-26-19-30-11-15-32(41)16-12-30/h11-18,27,37H,8-10,19-26H2,1-7H3/t37-/m0/s1. The Morgan fingerprint density at radius 1 is 0.915 bits per heavy atom.